The van der Waals surface area contributed by atoms with E-state index in [0.717, 1.165) is 24.4 Å². The fourth-order valence-electron chi connectivity index (χ4n) is 2.97. The van der Waals surface area contributed by atoms with E-state index < -0.39 is 23.6 Å². The van der Waals surface area contributed by atoms with E-state index in [1.54, 1.807) is 12.1 Å². The van der Waals surface area contributed by atoms with E-state index in [0.29, 0.717) is 27.7 Å². The molecule has 0 amide bonds. The minimum Gasteiger partial charge on any atom is -0.259 e. The third-order valence-corrected chi connectivity index (χ3v) is 4.47. The van der Waals surface area contributed by atoms with Crippen LogP contribution in [-0.4, -0.2) is 19.7 Å². The molecule has 0 atom stereocenters. The van der Waals surface area contributed by atoms with Gasteiger partial charge in [-0.2, -0.15) is 31.4 Å². The third kappa shape index (κ3) is 3.98. The largest absolute Gasteiger partial charge is 0.433 e. The highest BCUT2D eigenvalue weighted by Gasteiger charge is 2.32. The highest BCUT2D eigenvalue weighted by atomic mass is 19.4. The molecule has 10 heteroatoms. The second kappa shape index (κ2) is 7.12. The Balaban J connectivity index is 1.67. The maximum absolute atomic E-state index is 13.0. The van der Waals surface area contributed by atoms with Crippen molar-refractivity contribution in [1.82, 2.24) is 19.7 Å². The number of fused-ring (bicyclic) bond motifs is 1. The van der Waals surface area contributed by atoms with Crippen molar-refractivity contribution in [3.8, 4) is 11.1 Å². The zero-order chi connectivity index (χ0) is 21.5. The smallest absolute Gasteiger partial charge is 0.259 e. The first-order valence-electron chi connectivity index (χ1n) is 8.62. The molecule has 30 heavy (non-hydrogen) atoms. The quantitative estimate of drug-likeness (QED) is 0.405. The van der Waals surface area contributed by atoms with Gasteiger partial charge in [0.1, 0.15) is 11.2 Å². The van der Waals surface area contributed by atoms with E-state index in [2.05, 4.69) is 15.1 Å². The van der Waals surface area contributed by atoms with Crippen molar-refractivity contribution in [2.24, 2.45) is 0 Å². The summed E-state index contributed by atoms with van der Waals surface area (Å²) >= 11 is 0. The minimum absolute atomic E-state index is 0.127. The van der Waals surface area contributed by atoms with Crippen LogP contribution in [0.15, 0.2) is 61.1 Å². The Morgan fingerprint density at radius 3 is 2.23 bits per heavy atom. The van der Waals surface area contributed by atoms with Gasteiger partial charge in [-0.3, -0.25) is 14.6 Å². The Morgan fingerprint density at radius 1 is 0.767 bits per heavy atom. The van der Waals surface area contributed by atoms with E-state index in [-0.39, 0.29) is 6.54 Å². The van der Waals surface area contributed by atoms with Crippen LogP contribution in [0.4, 0.5) is 26.3 Å². The predicted octanol–water partition coefficient (Wildman–Crippen LogP) is 5.58. The first-order chi connectivity index (χ1) is 14.1. The molecule has 0 aliphatic rings. The van der Waals surface area contributed by atoms with Crippen LogP contribution in [0.2, 0.25) is 0 Å². The summed E-state index contributed by atoms with van der Waals surface area (Å²) in [5.74, 6) is 0. The van der Waals surface area contributed by atoms with Gasteiger partial charge >= 0.3 is 12.4 Å². The van der Waals surface area contributed by atoms with Gasteiger partial charge in [-0.25, -0.2) is 0 Å². The van der Waals surface area contributed by atoms with Crippen LogP contribution in [0, 0.1) is 0 Å². The van der Waals surface area contributed by atoms with Crippen LogP contribution in [0.1, 0.15) is 16.8 Å². The molecule has 0 aliphatic heterocycles. The molecule has 0 saturated heterocycles. The summed E-state index contributed by atoms with van der Waals surface area (Å²) in [5.41, 5.74) is 0.548. The molecule has 0 aliphatic carbocycles. The first kappa shape index (κ1) is 19.9. The normalized spacial score (nSPS) is 12.5. The fraction of sp³-hybridized carbons (Fsp3) is 0.150. The summed E-state index contributed by atoms with van der Waals surface area (Å²) in [5, 5.41) is 4.18. The van der Waals surface area contributed by atoms with Gasteiger partial charge in [0.05, 0.1) is 23.8 Å². The van der Waals surface area contributed by atoms with Crippen LogP contribution in [0.5, 0.6) is 0 Å². The maximum Gasteiger partial charge on any atom is 0.433 e. The molecule has 0 saturated carbocycles. The zero-order valence-electron chi connectivity index (χ0n) is 15.0. The van der Waals surface area contributed by atoms with E-state index in [1.807, 2.05) is 0 Å². The van der Waals surface area contributed by atoms with Crippen LogP contribution in [0.3, 0.4) is 0 Å². The van der Waals surface area contributed by atoms with Gasteiger partial charge in [-0.1, -0.05) is 18.2 Å². The molecule has 4 aromatic rings. The average molecular weight is 422 g/mol. The standard InChI is InChI=1S/C20H12F6N4/c21-19(22,23)15-3-1-2-13(6-15)14-7-17-16(27-9-14)10-29-30(17)11-12-4-5-18(28-8-12)20(24,25)26/h1-10H,11H2. The lowest BCUT2D eigenvalue weighted by Crippen LogP contribution is -2.09. The minimum atomic E-state index is -4.53. The Hall–Kier alpha value is -3.43. The molecule has 0 spiro atoms. The number of hydrogen-bond donors (Lipinski definition) is 0. The molecule has 4 rings (SSSR count). The van der Waals surface area contributed by atoms with Crippen molar-refractivity contribution in [1.29, 1.82) is 0 Å². The number of aromatic nitrogens is 4. The molecule has 0 fully saturated rings. The summed E-state index contributed by atoms with van der Waals surface area (Å²) in [4.78, 5) is 7.65. The van der Waals surface area contributed by atoms with Crippen LogP contribution < -0.4 is 0 Å². The van der Waals surface area contributed by atoms with E-state index in [1.165, 1.54) is 29.2 Å². The van der Waals surface area contributed by atoms with Crippen molar-refractivity contribution in [2.75, 3.05) is 0 Å². The molecule has 3 heterocycles. The number of benzene rings is 1. The lowest BCUT2D eigenvalue weighted by atomic mass is 10.0. The number of nitrogens with zero attached hydrogens (tertiary/aromatic N) is 4. The molecule has 0 bridgehead atoms. The molecule has 154 valence electrons. The summed E-state index contributed by atoms with van der Waals surface area (Å²) in [6, 6.07) is 8.69. The predicted molar refractivity (Wildman–Crippen MR) is 96.3 cm³/mol. The Morgan fingerprint density at radius 2 is 1.57 bits per heavy atom. The number of alkyl halides is 6. The molecule has 0 radical (unpaired) electrons. The molecule has 0 unspecified atom stereocenters. The van der Waals surface area contributed by atoms with Gasteiger partial charge in [-0.15, -0.1) is 0 Å². The van der Waals surface area contributed by atoms with Gasteiger partial charge in [0.2, 0.25) is 0 Å². The fourth-order valence-corrected chi connectivity index (χ4v) is 2.97. The highest BCUT2D eigenvalue weighted by Crippen LogP contribution is 2.33. The van der Waals surface area contributed by atoms with E-state index in [4.69, 9.17) is 0 Å². The van der Waals surface area contributed by atoms with Crippen molar-refractivity contribution in [3.63, 3.8) is 0 Å². The second-order valence-electron chi connectivity index (χ2n) is 6.56. The summed E-state index contributed by atoms with van der Waals surface area (Å²) < 4.78 is 78.4. The van der Waals surface area contributed by atoms with Crippen LogP contribution in [0.25, 0.3) is 22.2 Å². The Kier molecular flexibility index (Phi) is 4.71. The van der Waals surface area contributed by atoms with Crippen molar-refractivity contribution < 1.29 is 26.3 Å². The Bertz CT molecular complexity index is 1190. The van der Waals surface area contributed by atoms with Crippen molar-refractivity contribution in [3.05, 3.63) is 77.9 Å². The summed E-state index contributed by atoms with van der Waals surface area (Å²) in [6.07, 6.45) is -4.96. The van der Waals surface area contributed by atoms with Gasteiger partial charge < -0.3 is 0 Å². The van der Waals surface area contributed by atoms with Gasteiger partial charge in [0.25, 0.3) is 0 Å². The molecule has 3 aromatic heterocycles. The number of halogens is 6. The van der Waals surface area contributed by atoms with Crippen molar-refractivity contribution in [2.45, 2.75) is 18.9 Å². The van der Waals surface area contributed by atoms with Gasteiger partial charge in [0.15, 0.2) is 0 Å². The number of rotatable bonds is 3. The molecule has 0 N–H and O–H groups in total. The highest BCUT2D eigenvalue weighted by molar-refractivity contribution is 5.80. The zero-order valence-corrected chi connectivity index (χ0v) is 15.0. The molecule has 4 nitrogen and oxygen atoms in total. The van der Waals surface area contributed by atoms with Crippen molar-refractivity contribution >= 4 is 11.0 Å². The van der Waals surface area contributed by atoms with Crippen LogP contribution >= 0.6 is 0 Å². The lowest BCUT2D eigenvalue weighted by Gasteiger charge is -2.10. The average Bonchev–Trinajstić information content (AvgIpc) is 3.09. The topological polar surface area (TPSA) is 43.6 Å². The van der Waals surface area contributed by atoms with Gasteiger partial charge in [0, 0.05) is 18.0 Å². The summed E-state index contributed by atoms with van der Waals surface area (Å²) in [6.45, 7) is 0.127. The molecular weight excluding hydrogens is 410 g/mol. The van der Waals surface area contributed by atoms with Gasteiger partial charge in [-0.05, 0) is 35.4 Å². The Labute approximate surface area is 165 Å². The lowest BCUT2D eigenvalue weighted by molar-refractivity contribution is -0.141. The maximum atomic E-state index is 13.0. The second-order valence-corrected chi connectivity index (χ2v) is 6.56. The SMILES string of the molecule is FC(F)(F)c1cccc(-c2cnc3cnn(Cc4ccc(C(F)(F)F)nc4)c3c2)c1. The first-order valence-corrected chi connectivity index (χ1v) is 8.62. The molecular formula is C20H12F6N4. The summed E-state index contributed by atoms with van der Waals surface area (Å²) in [7, 11) is 0. The van der Waals surface area contributed by atoms with E-state index in [9.17, 15) is 26.3 Å². The number of pyridine rings is 2. The van der Waals surface area contributed by atoms with Crippen LogP contribution in [-0.2, 0) is 18.9 Å². The number of hydrogen-bond acceptors (Lipinski definition) is 3. The monoisotopic (exact) mass is 422 g/mol. The van der Waals surface area contributed by atoms with E-state index >= 15 is 0 Å². The third-order valence-electron chi connectivity index (χ3n) is 4.47. The molecule has 1 aromatic carbocycles.